The molecule has 0 saturated carbocycles. The van der Waals surface area contributed by atoms with E-state index in [4.69, 9.17) is 4.74 Å². The number of nitrogens with zero attached hydrogens (tertiary/aromatic N) is 2. The van der Waals surface area contributed by atoms with Gasteiger partial charge in [-0.2, -0.15) is 0 Å². The van der Waals surface area contributed by atoms with Gasteiger partial charge in [-0.1, -0.05) is 259 Å². The summed E-state index contributed by atoms with van der Waals surface area (Å²) >= 11 is 0. The van der Waals surface area contributed by atoms with Crippen LogP contribution in [0.4, 0.5) is 34.1 Å². The van der Waals surface area contributed by atoms with Gasteiger partial charge in [0.1, 0.15) is 11.5 Å². The van der Waals surface area contributed by atoms with Crippen molar-refractivity contribution in [1.29, 1.82) is 0 Å². The molecule has 6 heteroatoms. The summed E-state index contributed by atoms with van der Waals surface area (Å²) < 4.78 is 7.48. The van der Waals surface area contributed by atoms with Crippen molar-refractivity contribution in [2.75, 3.05) is 9.80 Å². The van der Waals surface area contributed by atoms with Crippen LogP contribution < -0.4 is 72.4 Å². The Morgan fingerprint density at radius 1 is 0.321 bits per heavy atom. The number of para-hydroxylation sites is 4. The van der Waals surface area contributed by atoms with E-state index in [1.807, 2.05) is 0 Å². The minimum Gasteiger partial charge on any atom is -0.458 e. The maximum Gasteiger partial charge on any atom is 0.251 e. The van der Waals surface area contributed by atoms with Gasteiger partial charge >= 0.3 is 0 Å². The summed E-state index contributed by atoms with van der Waals surface area (Å²) in [5.74, 6) is 2.73. The lowest BCUT2D eigenvalue weighted by molar-refractivity contribution is 0.487. The van der Waals surface area contributed by atoms with Gasteiger partial charge in [-0.25, -0.2) is 0 Å². The standard InChI is InChI=1S/C75H65BN2OSi2/c1-51(2)54-47-61(52(3)4)75(62(48-54)53(5)6)76-63-45-43-56(78-67-37-21-25-41-73(67)81(59-31-15-9-16-32-59,60-33-17-10-18-34-60)74-42-26-22-38-68(74)78)50-70(63)79-69-46-44-55(49-64(69)76)77-65-35-19-23-39-71(65)80(57-27-11-7-12-28-57,58-29-13-8-14-30-58)72-40-24-20-36-66(72)77/h7-53H,1-6H3. The fourth-order valence-electron chi connectivity index (χ4n) is 14.3. The molecule has 3 heterocycles. The zero-order valence-electron chi connectivity index (χ0n) is 47.0. The van der Waals surface area contributed by atoms with Crippen LogP contribution >= 0.6 is 0 Å². The van der Waals surface area contributed by atoms with E-state index in [0.29, 0.717) is 5.92 Å². The van der Waals surface area contributed by atoms with E-state index in [1.165, 1.54) is 97.3 Å². The molecule has 0 radical (unpaired) electrons. The fraction of sp³-hybridized carbons (Fsp3) is 0.120. The molecule has 11 aromatic carbocycles. The first kappa shape index (κ1) is 50.5. The molecule has 0 amide bonds. The molecule has 0 aliphatic carbocycles. The molecular formula is C75H65BN2OSi2. The average Bonchev–Trinajstić information content (AvgIpc) is 3.68. The van der Waals surface area contributed by atoms with Crippen molar-refractivity contribution in [2.24, 2.45) is 0 Å². The monoisotopic (exact) mass is 1080 g/mol. The summed E-state index contributed by atoms with van der Waals surface area (Å²) in [5.41, 5.74) is 15.0. The highest BCUT2D eigenvalue weighted by atomic mass is 28.3. The van der Waals surface area contributed by atoms with Crippen molar-refractivity contribution in [3.63, 3.8) is 0 Å². The minimum atomic E-state index is -2.82. The van der Waals surface area contributed by atoms with Crippen LogP contribution in [-0.4, -0.2) is 22.9 Å². The average molecular weight is 1080 g/mol. The van der Waals surface area contributed by atoms with Gasteiger partial charge in [0.25, 0.3) is 6.71 Å². The summed E-state index contributed by atoms with van der Waals surface area (Å²) in [6.45, 7) is 14.1. The van der Waals surface area contributed by atoms with Gasteiger partial charge in [0.2, 0.25) is 0 Å². The maximum absolute atomic E-state index is 7.48. The Morgan fingerprint density at radius 2 is 0.667 bits per heavy atom. The number of rotatable bonds is 10. The molecule has 14 rings (SSSR count). The van der Waals surface area contributed by atoms with Crippen LogP contribution in [0.15, 0.2) is 267 Å². The van der Waals surface area contributed by atoms with Crippen molar-refractivity contribution >= 4 is 115 Å². The van der Waals surface area contributed by atoms with E-state index in [-0.39, 0.29) is 18.5 Å². The van der Waals surface area contributed by atoms with Crippen molar-refractivity contribution < 1.29 is 4.74 Å². The van der Waals surface area contributed by atoms with Crippen LogP contribution in [0.1, 0.15) is 76.0 Å². The first-order chi connectivity index (χ1) is 39.7. The number of fused-ring (bicyclic) bond motifs is 6. The van der Waals surface area contributed by atoms with E-state index >= 15 is 0 Å². The van der Waals surface area contributed by atoms with E-state index in [2.05, 4.69) is 318 Å². The second-order valence-electron chi connectivity index (χ2n) is 23.3. The number of hydrogen-bond donors (Lipinski definition) is 0. The Balaban J connectivity index is 0.985. The maximum atomic E-state index is 7.48. The first-order valence-corrected chi connectivity index (χ1v) is 33.0. The molecule has 0 spiro atoms. The smallest absolute Gasteiger partial charge is 0.251 e. The van der Waals surface area contributed by atoms with E-state index < -0.39 is 16.1 Å². The Morgan fingerprint density at radius 3 is 1.04 bits per heavy atom. The molecule has 0 atom stereocenters. The first-order valence-electron chi connectivity index (χ1n) is 29.0. The molecule has 11 aromatic rings. The molecule has 3 aliphatic heterocycles. The molecule has 81 heavy (non-hydrogen) atoms. The van der Waals surface area contributed by atoms with Gasteiger partial charge in [-0.05, 0) is 135 Å². The lowest BCUT2D eigenvalue weighted by Gasteiger charge is -2.45. The Hall–Kier alpha value is -8.68. The number of anilines is 6. The second kappa shape index (κ2) is 20.1. The molecular weight excluding hydrogens is 1010 g/mol. The molecule has 0 bridgehead atoms. The summed E-state index contributed by atoms with van der Waals surface area (Å²) in [4.78, 5) is 5.06. The van der Waals surface area contributed by atoms with E-state index in [9.17, 15) is 0 Å². The van der Waals surface area contributed by atoms with Gasteiger partial charge in [-0.15, -0.1) is 0 Å². The van der Waals surface area contributed by atoms with Crippen LogP contribution in [-0.2, 0) is 0 Å². The van der Waals surface area contributed by atoms with Crippen LogP contribution in [0.3, 0.4) is 0 Å². The second-order valence-corrected chi connectivity index (χ2v) is 30.7. The molecule has 0 saturated heterocycles. The largest absolute Gasteiger partial charge is 0.458 e. The predicted octanol–water partition coefficient (Wildman–Crippen LogP) is 12.0. The Kier molecular flexibility index (Phi) is 12.6. The summed E-state index contributed by atoms with van der Waals surface area (Å²) in [5, 5.41) is 11.0. The van der Waals surface area contributed by atoms with Crippen molar-refractivity contribution in [1.82, 2.24) is 0 Å². The minimum absolute atomic E-state index is 0.122. The van der Waals surface area contributed by atoms with Crippen LogP contribution in [0, 0.1) is 0 Å². The summed E-state index contributed by atoms with van der Waals surface area (Å²) in [6, 6.07) is 101. The summed E-state index contributed by atoms with van der Waals surface area (Å²) in [7, 11) is -5.63. The molecule has 0 fully saturated rings. The number of hydrogen-bond acceptors (Lipinski definition) is 3. The highest BCUT2D eigenvalue weighted by Gasteiger charge is 2.51. The van der Waals surface area contributed by atoms with Crippen LogP contribution in [0.5, 0.6) is 11.5 Å². The normalized spacial score (nSPS) is 14.4. The van der Waals surface area contributed by atoms with E-state index in [1.54, 1.807) is 0 Å². The molecule has 0 aromatic heterocycles. The SMILES string of the molecule is CC(C)c1cc(C(C)C)c(B2c3ccc(N4c5ccccc5[Si](c5ccccc5)(c5ccccc5)c5ccccc54)cc3Oc3ccc(N4c5ccccc5[Si](c5ccccc5)(c5ccccc5)c5ccccc54)cc32)c(C(C)C)c1. The van der Waals surface area contributed by atoms with Gasteiger partial charge in [-0.3, -0.25) is 0 Å². The number of ether oxygens (including phenoxy) is 1. The Bertz CT molecular complexity index is 3960. The van der Waals surface area contributed by atoms with Crippen LogP contribution in [0.25, 0.3) is 0 Å². The third kappa shape index (κ3) is 7.82. The molecule has 3 aliphatic rings. The third-order valence-corrected chi connectivity index (χ3v) is 27.6. The van der Waals surface area contributed by atoms with Gasteiger partial charge in [0.15, 0.2) is 16.1 Å². The molecule has 0 unspecified atom stereocenters. The fourth-order valence-corrected chi connectivity index (χ4v) is 24.5. The third-order valence-electron chi connectivity index (χ3n) is 17.8. The zero-order chi connectivity index (χ0) is 55.0. The Labute approximate surface area is 480 Å². The van der Waals surface area contributed by atoms with Crippen LogP contribution in [0.2, 0.25) is 0 Å². The van der Waals surface area contributed by atoms with E-state index in [0.717, 1.165) is 22.9 Å². The van der Waals surface area contributed by atoms with Crippen molar-refractivity contribution in [3.8, 4) is 11.5 Å². The van der Waals surface area contributed by atoms with Crippen molar-refractivity contribution in [2.45, 2.75) is 59.3 Å². The van der Waals surface area contributed by atoms with Crippen molar-refractivity contribution in [3.05, 3.63) is 284 Å². The molecule has 392 valence electrons. The summed E-state index contributed by atoms with van der Waals surface area (Å²) in [6.07, 6.45) is 0. The lowest BCUT2D eigenvalue weighted by Crippen LogP contribution is -2.77. The zero-order valence-corrected chi connectivity index (χ0v) is 49.0. The highest BCUT2D eigenvalue weighted by molar-refractivity contribution is 7.22. The predicted molar refractivity (Wildman–Crippen MR) is 350 cm³/mol. The lowest BCUT2D eigenvalue weighted by atomic mass is 9.33. The highest BCUT2D eigenvalue weighted by Crippen LogP contribution is 2.43. The molecule has 0 N–H and O–H groups in total. The van der Waals surface area contributed by atoms with Gasteiger partial charge < -0.3 is 14.5 Å². The quantitative estimate of drug-likeness (QED) is 0.127. The van der Waals surface area contributed by atoms with Gasteiger partial charge in [0.05, 0.1) is 0 Å². The topological polar surface area (TPSA) is 15.7 Å². The van der Waals surface area contributed by atoms with Gasteiger partial charge in [0, 0.05) is 40.2 Å². The molecule has 3 nitrogen and oxygen atoms in total. The number of benzene rings is 11.